The molecule has 6 N–H and O–H groups in total. The summed E-state index contributed by atoms with van der Waals surface area (Å²) in [5.74, 6) is -0.0808. The number of aliphatic hydroxyl groups is 4. The fourth-order valence-electron chi connectivity index (χ4n) is 5.43. The first kappa shape index (κ1) is 27.7. The summed E-state index contributed by atoms with van der Waals surface area (Å²) in [6.45, 7) is 3.25. The maximum atomic E-state index is 10.0. The van der Waals surface area contributed by atoms with Crippen LogP contribution in [0, 0.1) is 0 Å². The van der Waals surface area contributed by atoms with Crippen molar-refractivity contribution in [1.29, 1.82) is 0 Å². The highest BCUT2D eigenvalue weighted by Gasteiger charge is 2.24. The van der Waals surface area contributed by atoms with E-state index in [1.807, 2.05) is 0 Å². The fraction of sp³-hybridized carbons (Fsp3) is 0.400. The second kappa shape index (κ2) is 12.9. The summed E-state index contributed by atoms with van der Waals surface area (Å²) < 4.78 is 0. The predicted molar refractivity (Wildman–Crippen MR) is 140 cm³/mol. The van der Waals surface area contributed by atoms with Crippen LogP contribution in [0.1, 0.15) is 95.9 Å². The Balaban J connectivity index is 2.09. The molecule has 3 aromatic rings. The van der Waals surface area contributed by atoms with Gasteiger partial charge in [0, 0.05) is 11.8 Å². The Bertz CT molecular complexity index is 998. The van der Waals surface area contributed by atoms with Crippen LogP contribution in [-0.2, 0) is 26.4 Å². The zero-order valence-corrected chi connectivity index (χ0v) is 21.1. The highest BCUT2D eigenvalue weighted by molar-refractivity contribution is 5.50. The average Bonchev–Trinajstić information content (AvgIpc) is 2.89. The van der Waals surface area contributed by atoms with E-state index in [2.05, 4.69) is 38.1 Å². The van der Waals surface area contributed by atoms with Gasteiger partial charge in [-0.3, -0.25) is 0 Å². The first-order chi connectivity index (χ1) is 17.4. The smallest absolute Gasteiger partial charge is 0.116 e. The SMILES string of the molecule is CCCC(c1ccc(C(CCC)c2c(CO)cc(O)cc2CO)cc1)c1c(CO)cc(O)cc1CO. The third-order valence-corrected chi connectivity index (χ3v) is 6.95. The van der Waals surface area contributed by atoms with Crippen LogP contribution in [0.2, 0.25) is 0 Å². The first-order valence-electron chi connectivity index (χ1n) is 12.6. The van der Waals surface area contributed by atoms with E-state index < -0.39 is 0 Å². The molecule has 0 saturated carbocycles. The molecule has 3 aromatic carbocycles. The Morgan fingerprint density at radius 2 is 0.806 bits per heavy atom. The van der Waals surface area contributed by atoms with Crippen LogP contribution in [-0.4, -0.2) is 30.6 Å². The molecule has 36 heavy (non-hydrogen) atoms. The summed E-state index contributed by atoms with van der Waals surface area (Å²) in [7, 11) is 0. The van der Waals surface area contributed by atoms with Crippen molar-refractivity contribution in [1.82, 2.24) is 0 Å². The predicted octanol–water partition coefficient (Wildman–Crippen LogP) is 4.93. The number of aromatic hydroxyl groups is 2. The highest BCUT2D eigenvalue weighted by atomic mass is 16.3. The van der Waals surface area contributed by atoms with E-state index in [0.29, 0.717) is 22.3 Å². The van der Waals surface area contributed by atoms with Crippen LogP contribution in [0.3, 0.4) is 0 Å². The summed E-state index contributed by atoms with van der Waals surface area (Å²) in [4.78, 5) is 0. The van der Waals surface area contributed by atoms with E-state index >= 15 is 0 Å². The molecule has 3 rings (SSSR count). The van der Waals surface area contributed by atoms with Crippen LogP contribution in [0.4, 0.5) is 0 Å². The summed E-state index contributed by atoms with van der Waals surface area (Å²) in [5.41, 5.74) is 6.21. The van der Waals surface area contributed by atoms with E-state index in [0.717, 1.165) is 47.9 Å². The van der Waals surface area contributed by atoms with E-state index in [1.165, 1.54) is 0 Å². The minimum absolute atomic E-state index is 0.0214. The lowest BCUT2D eigenvalue weighted by Crippen LogP contribution is -2.11. The summed E-state index contributed by atoms with van der Waals surface area (Å²) >= 11 is 0. The van der Waals surface area contributed by atoms with E-state index in [1.54, 1.807) is 24.3 Å². The number of aliphatic hydroxyl groups excluding tert-OH is 4. The minimum Gasteiger partial charge on any atom is -0.508 e. The topological polar surface area (TPSA) is 121 Å². The number of rotatable bonds is 12. The molecule has 0 aliphatic carbocycles. The minimum atomic E-state index is -0.234. The van der Waals surface area contributed by atoms with Gasteiger partial charge in [-0.25, -0.2) is 0 Å². The van der Waals surface area contributed by atoms with Gasteiger partial charge in [-0.15, -0.1) is 0 Å². The largest absolute Gasteiger partial charge is 0.508 e. The Morgan fingerprint density at radius 1 is 0.528 bits per heavy atom. The van der Waals surface area contributed by atoms with Gasteiger partial charge in [0.25, 0.3) is 0 Å². The van der Waals surface area contributed by atoms with E-state index in [9.17, 15) is 30.6 Å². The van der Waals surface area contributed by atoms with Gasteiger partial charge in [0.15, 0.2) is 0 Å². The lowest BCUT2D eigenvalue weighted by Gasteiger charge is -2.26. The number of hydrogen-bond donors (Lipinski definition) is 6. The molecule has 2 atom stereocenters. The maximum absolute atomic E-state index is 10.0. The quantitative estimate of drug-likeness (QED) is 0.212. The molecule has 0 aliphatic rings. The monoisotopic (exact) mass is 494 g/mol. The number of phenolic OH excluding ortho intramolecular Hbond substituents is 2. The molecule has 0 fully saturated rings. The fourth-order valence-corrected chi connectivity index (χ4v) is 5.43. The molecule has 0 heterocycles. The van der Waals surface area contributed by atoms with Gasteiger partial charge in [-0.2, -0.15) is 0 Å². The molecule has 0 aromatic heterocycles. The lowest BCUT2D eigenvalue weighted by molar-refractivity contribution is 0.270. The number of phenols is 2. The van der Waals surface area contributed by atoms with Gasteiger partial charge in [0.2, 0.25) is 0 Å². The van der Waals surface area contributed by atoms with E-state index in [-0.39, 0.29) is 49.8 Å². The van der Waals surface area contributed by atoms with Crippen molar-refractivity contribution in [2.75, 3.05) is 0 Å². The van der Waals surface area contributed by atoms with Crippen molar-refractivity contribution in [3.05, 3.63) is 93.0 Å². The Labute approximate surface area is 213 Å². The molecule has 0 aliphatic heterocycles. The summed E-state index contributed by atoms with van der Waals surface area (Å²) in [6.07, 6.45) is 3.41. The van der Waals surface area contributed by atoms with Gasteiger partial charge in [0.1, 0.15) is 11.5 Å². The van der Waals surface area contributed by atoms with Crippen LogP contribution < -0.4 is 0 Å². The zero-order valence-electron chi connectivity index (χ0n) is 21.1. The molecule has 0 amide bonds. The van der Waals surface area contributed by atoms with Crippen LogP contribution in [0.5, 0.6) is 11.5 Å². The Kier molecular flexibility index (Phi) is 9.90. The lowest BCUT2D eigenvalue weighted by atomic mass is 9.79. The highest BCUT2D eigenvalue weighted by Crippen LogP contribution is 2.39. The van der Waals surface area contributed by atoms with Crippen molar-refractivity contribution in [2.24, 2.45) is 0 Å². The third-order valence-electron chi connectivity index (χ3n) is 6.95. The van der Waals surface area contributed by atoms with Gasteiger partial charge >= 0.3 is 0 Å². The zero-order chi connectivity index (χ0) is 26.2. The van der Waals surface area contributed by atoms with Crippen molar-refractivity contribution in [3.63, 3.8) is 0 Å². The standard InChI is InChI=1S/C30H38O6/c1-3-5-27(29-21(15-31)11-25(35)12-22(29)16-32)19-7-9-20(10-8-19)28(6-4-2)30-23(17-33)13-26(36)14-24(30)18-34/h7-14,27-28,31-36H,3-6,15-18H2,1-2H3. The Hall–Kier alpha value is -2.90. The first-order valence-corrected chi connectivity index (χ1v) is 12.6. The maximum Gasteiger partial charge on any atom is 0.116 e. The summed E-state index contributed by atoms with van der Waals surface area (Å²) in [5, 5.41) is 60.1. The third kappa shape index (κ3) is 5.90. The van der Waals surface area contributed by atoms with Crippen LogP contribution in [0.15, 0.2) is 48.5 Å². The molecule has 2 unspecified atom stereocenters. The van der Waals surface area contributed by atoms with Gasteiger partial charge < -0.3 is 30.6 Å². The van der Waals surface area contributed by atoms with Crippen molar-refractivity contribution >= 4 is 0 Å². The van der Waals surface area contributed by atoms with Crippen LogP contribution >= 0.6 is 0 Å². The van der Waals surface area contributed by atoms with Crippen molar-refractivity contribution < 1.29 is 30.6 Å². The molecule has 0 bridgehead atoms. The van der Waals surface area contributed by atoms with Gasteiger partial charge in [0.05, 0.1) is 26.4 Å². The molecular weight excluding hydrogens is 456 g/mol. The average molecular weight is 495 g/mol. The van der Waals surface area contributed by atoms with Gasteiger partial charge in [-0.05, 0) is 81.6 Å². The van der Waals surface area contributed by atoms with Crippen molar-refractivity contribution in [2.45, 2.75) is 77.8 Å². The van der Waals surface area contributed by atoms with E-state index in [4.69, 9.17) is 0 Å². The molecule has 6 heteroatoms. The summed E-state index contributed by atoms with van der Waals surface area (Å²) in [6, 6.07) is 14.5. The van der Waals surface area contributed by atoms with Gasteiger partial charge in [-0.1, -0.05) is 51.0 Å². The molecule has 0 spiro atoms. The molecule has 0 radical (unpaired) electrons. The molecule has 194 valence electrons. The number of hydrogen-bond acceptors (Lipinski definition) is 6. The number of benzene rings is 3. The van der Waals surface area contributed by atoms with Crippen LogP contribution in [0.25, 0.3) is 0 Å². The molecule has 6 nitrogen and oxygen atoms in total. The Morgan fingerprint density at radius 3 is 1.03 bits per heavy atom. The van der Waals surface area contributed by atoms with Crippen molar-refractivity contribution in [3.8, 4) is 11.5 Å². The second-order valence-corrected chi connectivity index (χ2v) is 9.34. The second-order valence-electron chi connectivity index (χ2n) is 9.34. The molecule has 0 saturated heterocycles. The molecular formula is C30H38O6. The normalized spacial score (nSPS) is 13.1.